The highest BCUT2D eigenvalue weighted by atomic mass is 35.5. The van der Waals surface area contributed by atoms with Gasteiger partial charge in [-0.3, -0.25) is 0 Å². The second-order valence-corrected chi connectivity index (χ2v) is 5.35. The Hall–Kier alpha value is -0.0100. The third-order valence-corrected chi connectivity index (χ3v) is 4.33. The molecular formula is C12H19ClS. The van der Waals surface area contributed by atoms with Gasteiger partial charge in [0.1, 0.15) is 0 Å². The molecular weight excluding hydrogens is 212 g/mol. The first-order chi connectivity index (χ1) is 6.77. The quantitative estimate of drug-likeness (QED) is 0.467. The molecule has 0 bridgehead atoms. The van der Waals surface area contributed by atoms with Gasteiger partial charge >= 0.3 is 0 Å². The monoisotopic (exact) mass is 230 g/mol. The van der Waals surface area contributed by atoms with Crippen LogP contribution in [0.1, 0.15) is 54.7 Å². The number of halogens is 1. The first-order valence-corrected chi connectivity index (χ1v) is 6.75. The van der Waals surface area contributed by atoms with Gasteiger partial charge in [-0.15, -0.1) is 22.9 Å². The summed E-state index contributed by atoms with van der Waals surface area (Å²) in [4.78, 5) is 2.79. The van der Waals surface area contributed by atoms with Gasteiger partial charge in [0.2, 0.25) is 0 Å². The SMILES string of the molecule is CCCCCC(Cl)c1ccc(CC)s1. The van der Waals surface area contributed by atoms with E-state index in [4.69, 9.17) is 11.6 Å². The molecule has 0 fully saturated rings. The summed E-state index contributed by atoms with van der Waals surface area (Å²) in [5.41, 5.74) is 0. The van der Waals surface area contributed by atoms with Crippen LogP contribution in [-0.2, 0) is 6.42 Å². The van der Waals surface area contributed by atoms with Crippen LogP contribution in [0.15, 0.2) is 12.1 Å². The number of hydrogen-bond donors (Lipinski definition) is 0. The number of alkyl halides is 1. The second-order valence-electron chi connectivity index (χ2n) is 3.62. The molecule has 1 aromatic heterocycles. The molecule has 0 saturated carbocycles. The van der Waals surface area contributed by atoms with Gasteiger partial charge in [-0.05, 0) is 25.0 Å². The van der Waals surface area contributed by atoms with E-state index in [1.54, 1.807) is 0 Å². The number of thiophene rings is 1. The van der Waals surface area contributed by atoms with Crippen molar-refractivity contribution in [3.63, 3.8) is 0 Å². The molecule has 2 heteroatoms. The highest BCUT2D eigenvalue weighted by Crippen LogP contribution is 2.32. The van der Waals surface area contributed by atoms with Crippen molar-refractivity contribution >= 4 is 22.9 Å². The standard InChI is InChI=1S/C12H19ClS/c1-3-5-6-7-11(13)12-9-8-10(4-2)14-12/h8-9,11H,3-7H2,1-2H3. The predicted molar refractivity (Wildman–Crippen MR) is 66.4 cm³/mol. The maximum atomic E-state index is 6.32. The topological polar surface area (TPSA) is 0 Å². The molecule has 0 spiro atoms. The molecule has 0 N–H and O–H groups in total. The van der Waals surface area contributed by atoms with Crippen LogP contribution in [0.3, 0.4) is 0 Å². The first-order valence-electron chi connectivity index (χ1n) is 5.50. The van der Waals surface area contributed by atoms with E-state index in [1.165, 1.54) is 29.0 Å². The average molecular weight is 231 g/mol. The summed E-state index contributed by atoms with van der Waals surface area (Å²) in [6.45, 7) is 4.42. The van der Waals surface area contributed by atoms with Crippen LogP contribution in [0.4, 0.5) is 0 Å². The summed E-state index contributed by atoms with van der Waals surface area (Å²) < 4.78 is 0. The van der Waals surface area contributed by atoms with E-state index in [9.17, 15) is 0 Å². The minimum atomic E-state index is 0.242. The fraction of sp³-hybridized carbons (Fsp3) is 0.667. The van der Waals surface area contributed by atoms with Gasteiger partial charge in [0.05, 0.1) is 5.38 Å². The molecule has 0 aliphatic heterocycles. The summed E-state index contributed by atoms with van der Waals surface area (Å²) in [7, 11) is 0. The molecule has 0 saturated heterocycles. The van der Waals surface area contributed by atoms with Gasteiger partial charge < -0.3 is 0 Å². The number of aryl methyl sites for hydroxylation is 1. The van der Waals surface area contributed by atoms with Gasteiger partial charge in [0.25, 0.3) is 0 Å². The smallest absolute Gasteiger partial charge is 0.0678 e. The molecule has 0 radical (unpaired) electrons. The van der Waals surface area contributed by atoms with Crippen molar-refractivity contribution in [2.45, 2.75) is 51.3 Å². The molecule has 0 nitrogen and oxygen atoms in total. The van der Waals surface area contributed by atoms with Gasteiger partial charge in [-0.1, -0.05) is 33.1 Å². The van der Waals surface area contributed by atoms with Crippen LogP contribution in [-0.4, -0.2) is 0 Å². The van der Waals surface area contributed by atoms with Crippen molar-refractivity contribution in [3.8, 4) is 0 Å². The van der Waals surface area contributed by atoms with Crippen LogP contribution in [0.5, 0.6) is 0 Å². The molecule has 1 aromatic rings. The average Bonchev–Trinajstić information content (AvgIpc) is 2.66. The van der Waals surface area contributed by atoms with E-state index in [0.717, 1.165) is 12.8 Å². The third-order valence-electron chi connectivity index (χ3n) is 2.40. The van der Waals surface area contributed by atoms with Crippen LogP contribution < -0.4 is 0 Å². The second kappa shape index (κ2) is 6.47. The molecule has 0 aromatic carbocycles. The molecule has 1 heterocycles. The largest absolute Gasteiger partial charge is 0.144 e. The van der Waals surface area contributed by atoms with Crippen LogP contribution in [0.25, 0.3) is 0 Å². The van der Waals surface area contributed by atoms with Gasteiger partial charge in [-0.2, -0.15) is 0 Å². The number of rotatable bonds is 6. The minimum Gasteiger partial charge on any atom is -0.144 e. The summed E-state index contributed by atoms with van der Waals surface area (Å²) in [5, 5.41) is 0.242. The van der Waals surface area contributed by atoms with Gasteiger partial charge in [0.15, 0.2) is 0 Å². The minimum absolute atomic E-state index is 0.242. The summed E-state index contributed by atoms with van der Waals surface area (Å²) in [5.74, 6) is 0. The predicted octanol–water partition coefficient (Wildman–Crippen LogP) is 5.17. The van der Waals surface area contributed by atoms with E-state index in [-0.39, 0.29) is 5.38 Å². The van der Waals surface area contributed by atoms with Crippen molar-refractivity contribution < 1.29 is 0 Å². The molecule has 14 heavy (non-hydrogen) atoms. The molecule has 1 rings (SSSR count). The fourth-order valence-corrected chi connectivity index (χ4v) is 2.79. The van der Waals surface area contributed by atoms with E-state index < -0.39 is 0 Å². The highest BCUT2D eigenvalue weighted by molar-refractivity contribution is 7.12. The van der Waals surface area contributed by atoms with Gasteiger partial charge in [0, 0.05) is 9.75 Å². The maximum Gasteiger partial charge on any atom is 0.0678 e. The Labute approximate surface area is 96.3 Å². The zero-order chi connectivity index (χ0) is 10.4. The Balaban J connectivity index is 2.39. The highest BCUT2D eigenvalue weighted by Gasteiger charge is 2.09. The van der Waals surface area contributed by atoms with Crippen LogP contribution in [0, 0.1) is 0 Å². The Bertz CT molecular complexity index is 255. The van der Waals surface area contributed by atoms with E-state index >= 15 is 0 Å². The van der Waals surface area contributed by atoms with Crippen molar-refractivity contribution in [2.24, 2.45) is 0 Å². The molecule has 80 valence electrons. The van der Waals surface area contributed by atoms with Crippen molar-refractivity contribution in [3.05, 3.63) is 21.9 Å². The normalized spacial score (nSPS) is 13.1. The Kier molecular flexibility index (Phi) is 5.57. The molecule has 0 amide bonds. The van der Waals surface area contributed by atoms with E-state index in [0.29, 0.717) is 0 Å². The molecule has 1 unspecified atom stereocenters. The van der Waals surface area contributed by atoms with Crippen molar-refractivity contribution in [1.29, 1.82) is 0 Å². The van der Waals surface area contributed by atoms with E-state index in [2.05, 4.69) is 26.0 Å². The lowest BCUT2D eigenvalue weighted by Gasteiger charge is -2.05. The lowest BCUT2D eigenvalue weighted by molar-refractivity contribution is 0.659. The van der Waals surface area contributed by atoms with E-state index in [1.807, 2.05) is 11.3 Å². The zero-order valence-electron chi connectivity index (χ0n) is 9.05. The Morgan fingerprint density at radius 2 is 2.07 bits per heavy atom. The Morgan fingerprint density at radius 3 is 2.64 bits per heavy atom. The van der Waals surface area contributed by atoms with Crippen molar-refractivity contribution in [1.82, 2.24) is 0 Å². The van der Waals surface area contributed by atoms with Crippen molar-refractivity contribution in [2.75, 3.05) is 0 Å². The Morgan fingerprint density at radius 1 is 1.29 bits per heavy atom. The molecule has 0 aliphatic carbocycles. The zero-order valence-corrected chi connectivity index (χ0v) is 10.6. The first kappa shape index (κ1) is 12.1. The maximum absolute atomic E-state index is 6.32. The van der Waals surface area contributed by atoms with Gasteiger partial charge in [-0.25, -0.2) is 0 Å². The number of unbranched alkanes of at least 4 members (excludes halogenated alkanes) is 2. The van der Waals surface area contributed by atoms with Crippen LogP contribution in [0.2, 0.25) is 0 Å². The fourth-order valence-electron chi connectivity index (χ4n) is 1.47. The lowest BCUT2D eigenvalue weighted by atomic mass is 10.1. The number of hydrogen-bond acceptors (Lipinski definition) is 1. The summed E-state index contributed by atoms with van der Waals surface area (Å²) in [6, 6.07) is 4.39. The summed E-state index contributed by atoms with van der Waals surface area (Å²) in [6.07, 6.45) is 6.08. The third kappa shape index (κ3) is 3.62. The molecule has 0 aliphatic rings. The molecule has 1 atom stereocenters. The summed E-state index contributed by atoms with van der Waals surface area (Å²) >= 11 is 8.19. The van der Waals surface area contributed by atoms with Crippen LogP contribution >= 0.6 is 22.9 Å². The lowest BCUT2D eigenvalue weighted by Crippen LogP contribution is -1.86.